The number of nitrogens with two attached hydrogens (primary N) is 1. The molecule has 1 aliphatic rings. The van der Waals surface area contributed by atoms with Crippen molar-refractivity contribution in [3.05, 3.63) is 64.8 Å². The minimum absolute atomic E-state index is 0.309. The molecule has 0 bridgehead atoms. The lowest BCUT2D eigenvalue weighted by molar-refractivity contribution is 0.295. The molecule has 158 valence electrons. The van der Waals surface area contributed by atoms with Gasteiger partial charge in [0.1, 0.15) is 41.3 Å². The molecule has 2 N–H and O–H groups in total. The van der Waals surface area contributed by atoms with Gasteiger partial charge in [0.05, 0.1) is 14.2 Å². The highest BCUT2D eigenvalue weighted by Gasteiger charge is 2.22. The average molecular weight is 415 g/mol. The van der Waals surface area contributed by atoms with E-state index in [4.69, 9.17) is 19.9 Å². The summed E-state index contributed by atoms with van der Waals surface area (Å²) in [5.41, 5.74) is 11.5. The summed E-state index contributed by atoms with van der Waals surface area (Å²) in [6.07, 6.45) is 4.02. The number of rotatable bonds is 6. The topological polar surface area (TPSA) is 90.4 Å². The van der Waals surface area contributed by atoms with E-state index in [-0.39, 0.29) is 0 Å². The predicted molar refractivity (Wildman–Crippen MR) is 119 cm³/mol. The zero-order valence-electron chi connectivity index (χ0n) is 17.8. The number of aryl methyl sites for hydroxylation is 1. The highest BCUT2D eigenvalue weighted by molar-refractivity contribution is 5.79. The van der Waals surface area contributed by atoms with Gasteiger partial charge in [-0.2, -0.15) is 5.26 Å². The van der Waals surface area contributed by atoms with Gasteiger partial charge in [-0.05, 0) is 67.1 Å². The van der Waals surface area contributed by atoms with Crippen molar-refractivity contribution in [3.63, 3.8) is 0 Å². The van der Waals surface area contributed by atoms with Crippen LogP contribution in [-0.2, 0) is 19.4 Å². The summed E-state index contributed by atoms with van der Waals surface area (Å²) in [7, 11) is 3.26. The molecule has 0 saturated carbocycles. The second kappa shape index (κ2) is 8.97. The van der Waals surface area contributed by atoms with Crippen LogP contribution >= 0.6 is 0 Å². The van der Waals surface area contributed by atoms with Crippen LogP contribution in [0.2, 0.25) is 0 Å². The summed E-state index contributed by atoms with van der Waals surface area (Å²) in [5, 5.41) is 9.70. The van der Waals surface area contributed by atoms with E-state index in [0.29, 0.717) is 18.0 Å². The number of nitrogen functional groups attached to an aromatic ring is 1. The monoisotopic (exact) mass is 415 g/mol. The first-order valence-electron chi connectivity index (χ1n) is 10.3. The fourth-order valence-corrected chi connectivity index (χ4v) is 4.07. The Morgan fingerprint density at radius 3 is 2.45 bits per heavy atom. The van der Waals surface area contributed by atoms with Gasteiger partial charge in [0, 0.05) is 16.8 Å². The maximum atomic E-state index is 9.70. The predicted octanol–water partition coefficient (Wildman–Crippen LogP) is 4.68. The Morgan fingerprint density at radius 1 is 1.00 bits per heavy atom. The Balaban J connectivity index is 1.60. The third-order valence-electron chi connectivity index (χ3n) is 5.64. The maximum Gasteiger partial charge on any atom is 0.142 e. The molecule has 4 rings (SSSR count). The minimum Gasteiger partial charge on any atom is -0.497 e. The Bertz CT molecular complexity index is 1130. The van der Waals surface area contributed by atoms with Gasteiger partial charge in [-0.15, -0.1) is 0 Å². The summed E-state index contributed by atoms with van der Waals surface area (Å²) in [6.45, 7) is 0.348. The molecular formula is C25H25N3O3. The van der Waals surface area contributed by atoms with Gasteiger partial charge in [0.15, 0.2) is 0 Å². The van der Waals surface area contributed by atoms with Crippen LogP contribution in [0.4, 0.5) is 5.82 Å². The van der Waals surface area contributed by atoms with E-state index >= 15 is 0 Å². The Labute approximate surface area is 182 Å². The standard InChI is InChI=1S/C25H25N3O3/c1-29-19-11-12-23(30-2)17(13-19)15-31-18-9-7-16(8-10-18)24-20-5-3-4-6-22(20)28-25(27)21(24)14-26/h7-13H,3-6,15H2,1-2H3,(H2,27,28). The molecule has 0 unspecified atom stereocenters. The molecule has 0 aliphatic heterocycles. The first kappa shape index (κ1) is 20.5. The van der Waals surface area contributed by atoms with Crippen molar-refractivity contribution < 1.29 is 14.2 Å². The molecule has 6 heteroatoms. The first-order chi connectivity index (χ1) is 15.1. The van der Waals surface area contributed by atoms with E-state index in [1.807, 2.05) is 42.5 Å². The van der Waals surface area contributed by atoms with E-state index in [1.165, 1.54) is 0 Å². The van der Waals surface area contributed by atoms with Crippen molar-refractivity contribution >= 4 is 5.82 Å². The molecule has 0 atom stereocenters. The third kappa shape index (κ3) is 4.13. The van der Waals surface area contributed by atoms with Crippen LogP contribution in [-0.4, -0.2) is 19.2 Å². The summed E-state index contributed by atoms with van der Waals surface area (Å²) in [4.78, 5) is 4.49. The van der Waals surface area contributed by atoms with E-state index in [9.17, 15) is 5.26 Å². The van der Waals surface area contributed by atoms with Crippen LogP contribution in [0.25, 0.3) is 11.1 Å². The highest BCUT2D eigenvalue weighted by atomic mass is 16.5. The fourth-order valence-electron chi connectivity index (χ4n) is 4.07. The molecule has 1 aliphatic carbocycles. The lowest BCUT2D eigenvalue weighted by Gasteiger charge is -2.21. The summed E-state index contributed by atoms with van der Waals surface area (Å²) >= 11 is 0. The largest absolute Gasteiger partial charge is 0.497 e. The van der Waals surface area contributed by atoms with Gasteiger partial charge < -0.3 is 19.9 Å². The van der Waals surface area contributed by atoms with Crippen LogP contribution in [0.15, 0.2) is 42.5 Å². The number of hydrogen-bond donors (Lipinski definition) is 1. The lowest BCUT2D eigenvalue weighted by atomic mass is 9.86. The number of pyridine rings is 1. The van der Waals surface area contributed by atoms with Crippen molar-refractivity contribution in [3.8, 4) is 34.4 Å². The van der Waals surface area contributed by atoms with Crippen LogP contribution < -0.4 is 19.9 Å². The van der Waals surface area contributed by atoms with E-state index in [2.05, 4.69) is 11.1 Å². The number of anilines is 1. The van der Waals surface area contributed by atoms with Crippen LogP contribution in [0, 0.1) is 11.3 Å². The summed E-state index contributed by atoms with van der Waals surface area (Å²) in [5.74, 6) is 2.53. The molecule has 2 aromatic carbocycles. The van der Waals surface area contributed by atoms with Crippen molar-refractivity contribution in [1.29, 1.82) is 5.26 Å². The summed E-state index contributed by atoms with van der Waals surface area (Å²) in [6, 6.07) is 15.6. The Hall–Kier alpha value is -3.72. The van der Waals surface area contributed by atoms with E-state index in [1.54, 1.807) is 14.2 Å². The normalized spacial score (nSPS) is 12.5. The molecule has 6 nitrogen and oxygen atoms in total. The van der Waals surface area contributed by atoms with Crippen molar-refractivity contribution in [1.82, 2.24) is 4.98 Å². The van der Waals surface area contributed by atoms with Gasteiger partial charge in [-0.1, -0.05) is 12.1 Å². The minimum atomic E-state index is 0.309. The lowest BCUT2D eigenvalue weighted by Crippen LogP contribution is -2.11. The number of aromatic nitrogens is 1. The number of hydrogen-bond acceptors (Lipinski definition) is 6. The molecular weight excluding hydrogens is 390 g/mol. The van der Waals surface area contributed by atoms with Crippen LogP contribution in [0.1, 0.15) is 35.2 Å². The smallest absolute Gasteiger partial charge is 0.142 e. The molecule has 1 aromatic heterocycles. The maximum absolute atomic E-state index is 9.70. The average Bonchev–Trinajstić information content (AvgIpc) is 2.82. The molecule has 1 heterocycles. The number of benzene rings is 2. The fraction of sp³-hybridized carbons (Fsp3) is 0.280. The summed E-state index contributed by atoms with van der Waals surface area (Å²) < 4.78 is 16.7. The number of nitrogens with zero attached hydrogens (tertiary/aromatic N) is 2. The third-order valence-corrected chi connectivity index (χ3v) is 5.64. The molecule has 3 aromatic rings. The second-order valence-corrected chi connectivity index (χ2v) is 7.48. The number of nitriles is 1. The number of methoxy groups -OCH3 is 2. The van der Waals surface area contributed by atoms with Crippen LogP contribution in [0.5, 0.6) is 17.2 Å². The Kier molecular flexibility index (Phi) is 5.94. The van der Waals surface area contributed by atoms with Gasteiger partial charge in [-0.25, -0.2) is 4.98 Å². The molecule has 0 spiro atoms. The Morgan fingerprint density at radius 2 is 1.74 bits per heavy atom. The quantitative estimate of drug-likeness (QED) is 0.629. The molecule has 0 fully saturated rings. The zero-order valence-corrected chi connectivity index (χ0v) is 17.8. The van der Waals surface area contributed by atoms with Gasteiger partial charge in [0.2, 0.25) is 0 Å². The second-order valence-electron chi connectivity index (χ2n) is 7.48. The SMILES string of the molecule is COc1ccc(OC)c(COc2ccc(-c3c(C#N)c(N)nc4c3CCCC4)cc2)c1. The molecule has 31 heavy (non-hydrogen) atoms. The molecule has 0 amide bonds. The number of ether oxygens (including phenoxy) is 3. The van der Waals surface area contributed by atoms with Crippen molar-refractivity contribution in [2.75, 3.05) is 20.0 Å². The van der Waals surface area contributed by atoms with E-state index < -0.39 is 0 Å². The van der Waals surface area contributed by atoms with Crippen molar-refractivity contribution in [2.24, 2.45) is 0 Å². The number of fused-ring (bicyclic) bond motifs is 1. The van der Waals surface area contributed by atoms with Gasteiger partial charge in [-0.3, -0.25) is 0 Å². The molecule has 0 radical (unpaired) electrons. The zero-order chi connectivity index (χ0) is 21.8. The first-order valence-corrected chi connectivity index (χ1v) is 10.3. The highest BCUT2D eigenvalue weighted by Crippen LogP contribution is 2.36. The van der Waals surface area contributed by atoms with E-state index in [0.717, 1.165) is 70.9 Å². The molecule has 0 saturated heterocycles. The van der Waals surface area contributed by atoms with Gasteiger partial charge in [0.25, 0.3) is 0 Å². The van der Waals surface area contributed by atoms with Crippen LogP contribution in [0.3, 0.4) is 0 Å². The van der Waals surface area contributed by atoms with Gasteiger partial charge >= 0.3 is 0 Å². The van der Waals surface area contributed by atoms with Crippen molar-refractivity contribution in [2.45, 2.75) is 32.3 Å².